The first-order valence-corrected chi connectivity index (χ1v) is 10.7. The van der Waals surface area contributed by atoms with Gasteiger partial charge in [0.1, 0.15) is 11.4 Å². The predicted octanol–water partition coefficient (Wildman–Crippen LogP) is 4.32. The topological polar surface area (TPSA) is 67.9 Å². The van der Waals surface area contributed by atoms with Crippen LogP contribution in [0.2, 0.25) is 0 Å². The summed E-state index contributed by atoms with van der Waals surface area (Å²) in [6.45, 7) is 9.83. The average molecular weight is 423 g/mol. The number of aryl methyl sites for hydroxylation is 2. The molecule has 0 radical (unpaired) electrons. The van der Waals surface area contributed by atoms with Crippen molar-refractivity contribution < 1.29 is 19.1 Å². The quantitative estimate of drug-likeness (QED) is 0.456. The van der Waals surface area contributed by atoms with Crippen molar-refractivity contribution >= 4 is 23.1 Å². The van der Waals surface area contributed by atoms with Crippen LogP contribution in [-0.2, 0) is 14.3 Å². The molecule has 1 N–H and O–H groups in total. The molecule has 1 aliphatic rings. The van der Waals surface area contributed by atoms with Crippen LogP contribution in [0.1, 0.15) is 37.0 Å². The Kier molecular flexibility index (Phi) is 7.47. The third-order valence-corrected chi connectivity index (χ3v) is 5.25. The largest absolute Gasteiger partial charge is 0.494 e. The van der Waals surface area contributed by atoms with Gasteiger partial charge in [-0.15, -0.1) is 0 Å². The van der Waals surface area contributed by atoms with Crippen LogP contribution in [0.3, 0.4) is 0 Å². The van der Waals surface area contributed by atoms with Gasteiger partial charge in [0.25, 0.3) is 11.8 Å². The molecule has 2 aromatic carbocycles. The van der Waals surface area contributed by atoms with Crippen molar-refractivity contribution in [3.8, 4) is 5.75 Å². The molecule has 2 amide bonds. The van der Waals surface area contributed by atoms with Crippen molar-refractivity contribution in [1.29, 1.82) is 0 Å². The maximum absolute atomic E-state index is 13.3. The van der Waals surface area contributed by atoms with Crippen LogP contribution < -0.4 is 10.1 Å². The monoisotopic (exact) mass is 422 g/mol. The van der Waals surface area contributed by atoms with E-state index in [0.717, 1.165) is 16.7 Å². The lowest BCUT2D eigenvalue weighted by Gasteiger charge is -2.15. The molecule has 0 fully saturated rings. The lowest BCUT2D eigenvalue weighted by molar-refractivity contribution is -0.137. The summed E-state index contributed by atoms with van der Waals surface area (Å²) in [6, 6.07) is 13.2. The molecule has 3 rings (SSSR count). The summed E-state index contributed by atoms with van der Waals surface area (Å²) in [5, 5.41) is 3.19. The van der Waals surface area contributed by atoms with Gasteiger partial charge in [0, 0.05) is 31.5 Å². The number of anilines is 1. The number of amides is 2. The van der Waals surface area contributed by atoms with Crippen LogP contribution >= 0.6 is 0 Å². The highest BCUT2D eigenvalue weighted by Gasteiger charge is 2.39. The van der Waals surface area contributed by atoms with Crippen molar-refractivity contribution in [2.45, 2.75) is 34.1 Å². The van der Waals surface area contributed by atoms with Crippen LogP contribution in [0.25, 0.3) is 5.57 Å². The lowest BCUT2D eigenvalue weighted by atomic mass is 9.99. The maximum Gasteiger partial charge on any atom is 0.278 e. The van der Waals surface area contributed by atoms with E-state index in [1.54, 1.807) is 0 Å². The third kappa shape index (κ3) is 5.14. The number of hydrogen-bond donors (Lipinski definition) is 1. The molecule has 0 aliphatic carbocycles. The number of rotatable bonds is 10. The molecular formula is C25H30N2O4. The van der Waals surface area contributed by atoms with Gasteiger partial charge < -0.3 is 14.8 Å². The number of imide groups is 1. The summed E-state index contributed by atoms with van der Waals surface area (Å²) in [6.07, 6.45) is 0.596. The zero-order chi connectivity index (χ0) is 22.4. The Morgan fingerprint density at radius 1 is 0.935 bits per heavy atom. The number of carbonyl (C=O) groups is 2. The fraction of sp³-hybridized carbons (Fsp3) is 0.360. The van der Waals surface area contributed by atoms with Crippen molar-refractivity contribution in [2.75, 3.05) is 31.7 Å². The molecule has 0 saturated carbocycles. The normalized spacial score (nSPS) is 13.9. The lowest BCUT2D eigenvalue weighted by Crippen LogP contribution is -2.34. The Bertz CT molecular complexity index is 997. The number of hydrogen-bond acceptors (Lipinski definition) is 5. The van der Waals surface area contributed by atoms with Gasteiger partial charge in [-0.05, 0) is 62.9 Å². The summed E-state index contributed by atoms with van der Waals surface area (Å²) in [7, 11) is 0. The van der Waals surface area contributed by atoms with Crippen LogP contribution in [-0.4, -0.2) is 43.1 Å². The zero-order valence-electron chi connectivity index (χ0n) is 18.7. The van der Waals surface area contributed by atoms with Crippen LogP contribution in [0, 0.1) is 13.8 Å². The van der Waals surface area contributed by atoms with Crippen LogP contribution in [0.4, 0.5) is 5.69 Å². The van der Waals surface area contributed by atoms with Gasteiger partial charge in [-0.25, -0.2) is 0 Å². The predicted molar refractivity (Wildman–Crippen MR) is 122 cm³/mol. The summed E-state index contributed by atoms with van der Waals surface area (Å²) in [4.78, 5) is 27.8. The number of benzene rings is 2. The Morgan fingerprint density at radius 3 is 2.45 bits per heavy atom. The van der Waals surface area contributed by atoms with Crippen LogP contribution in [0.15, 0.2) is 48.2 Å². The second kappa shape index (κ2) is 10.3. The van der Waals surface area contributed by atoms with E-state index in [2.05, 4.69) is 5.32 Å². The fourth-order valence-corrected chi connectivity index (χ4v) is 3.50. The number of carbonyl (C=O) groups excluding carboxylic acids is 2. The molecule has 1 aliphatic heterocycles. The van der Waals surface area contributed by atoms with Crippen molar-refractivity contribution in [3.63, 3.8) is 0 Å². The van der Waals surface area contributed by atoms with Crippen LogP contribution in [0.5, 0.6) is 5.75 Å². The van der Waals surface area contributed by atoms with Gasteiger partial charge in [-0.1, -0.05) is 24.3 Å². The SMILES string of the molecule is CCOCCCN1C(=O)C(Nc2cccc(OCC)c2)=C(c2ccc(C)c(C)c2)C1=O. The fourth-order valence-electron chi connectivity index (χ4n) is 3.50. The van der Waals surface area contributed by atoms with E-state index < -0.39 is 0 Å². The highest BCUT2D eigenvalue weighted by molar-refractivity contribution is 6.36. The van der Waals surface area contributed by atoms with Gasteiger partial charge in [-0.3, -0.25) is 14.5 Å². The highest BCUT2D eigenvalue weighted by Crippen LogP contribution is 2.32. The summed E-state index contributed by atoms with van der Waals surface area (Å²) >= 11 is 0. The second-order valence-corrected chi connectivity index (χ2v) is 7.45. The van der Waals surface area contributed by atoms with Gasteiger partial charge >= 0.3 is 0 Å². The van der Waals surface area contributed by atoms with E-state index in [1.165, 1.54) is 4.90 Å². The molecule has 0 saturated heterocycles. The maximum atomic E-state index is 13.3. The smallest absolute Gasteiger partial charge is 0.278 e. The number of ether oxygens (including phenoxy) is 2. The van der Waals surface area contributed by atoms with E-state index in [1.807, 2.05) is 70.2 Å². The van der Waals surface area contributed by atoms with Gasteiger partial charge in [-0.2, -0.15) is 0 Å². The molecular weight excluding hydrogens is 392 g/mol. The second-order valence-electron chi connectivity index (χ2n) is 7.45. The first-order chi connectivity index (χ1) is 15.0. The summed E-state index contributed by atoms with van der Waals surface area (Å²) < 4.78 is 10.9. The van der Waals surface area contributed by atoms with E-state index in [9.17, 15) is 9.59 Å². The molecule has 164 valence electrons. The summed E-state index contributed by atoms with van der Waals surface area (Å²) in [5.74, 6) is 0.0935. The molecule has 31 heavy (non-hydrogen) atoms. The molecule has 6 nitrogen and oxygen atoms in total. The minimum absolute atomic E-state index is 0.284. The molecule has 1 heterocycles. The Balaban J connectivity index is 1.96. The highest BCUT2D eigenvalue weighted by atomic mass is 16.5. The minimum Gasteiger partial charge on any atom is -0.494 e. The first kappa shape index (κ1) is 22.6. The number of nitrogens with one attached hydrogen (secondary N) is 1. The Morgan fingerprint density at radius 2 is 1.74 bits per heavy atom. The molecule has 0 unspecified atom stereocenters. The average Bonchev–Trinajstić information content (AvgIpc) is 2.98. The zero-order valence-corrected chi connectivity index (χ0v) is 18.7. The Hall–Kier alpha value is -3.12. The van der Waals surface area contributed by atoms with E-state index in [0.29, 0.717) is 55.5 Å². The number of nitrogens with zero attached hydrogens (tertiary/aromatic N) is 1. The Labute approximate surface area is 183 Å². The van der Waals surface area contributed by atoms with Gasteiger partial charge in [0.05, 0.1) is 12.2 Å². The van der Waals surface area contributed by atoms with E-state index in [-0.39, 0.29) is 11.8 Å². The van der Waals surface area contributed by atoms with Crippen molar-refractivity contribution in [1.82, 2.24) is 4.90 Å². The molecule has 0 spiro atoms. The molecule has 0 aromatic heterocycles. The molecule has 0 bridgehead atoms. The molecule has 0 atom stereocenters. The van der Waals surface area contributed by atoms with Crippen molar-refractivity contribution in [3.05, 3.63) is 64.9 Å². The van der Waals surface area contributed by atoms with Gasteiger partial charge in [0.2, 0.25) is 0 Å². The molecule has 2 aromatic rings. The summed E-state index contributed by atoms with van der Waals surface area (Å²) in [5.41, 5.74) is 4.31. The van der Waals surface area contributed by atoms with Gasteiger partial charge in [0.15, 0.2) is 0 Å². The van der Waals surface area contributed by atoms with E-state index >= 15 is 0 Å². The standard InChI is InChI=1S/C25H30N2O4/c1-5-30-14-8-13-27-24(28)22(19-12-11-17(3)18(4)15-19)23(25(27)29)26-20-9-7-10-21(16-20)31-6-2/h7,9-12,15-16,26H,5-6,8,13-14H2,1-4H3. The minimum atomic E-state index is -0.323. The van der Waals surface area contributed by atoms with E-state index in [4.69, 9.17) is 9.47 Å². The molecule has 6 heteroatoms. The third-order valence-electron chi connectivity index (χ3n) is 5.25. The van der Waals surface area contributed by atoms with Crippen molar-refractivity contribution in [2.24, 2.45) is 0 Å². The first-order valence-electron chi connectivity index (χ1n) is 10.7.